The number of H-pyrrole nitrogens is 1. The van der Waals surface area contributed by atoms with Gasteiger partial charge in [-0.25, -0.2) is 4.79 Å². The van der Waals surface area contributed by atoms with Gasteiger partial charge in [0.05, 0.1) is 10.9 Å². The Balaban J connectivity index is 2.63. The molecule has 0 saturated carbocycles. The lowest BCUT2D eigenvalue weighted by Gasteiger charge is -2.26. The molecule has 1 aromatic carbocycles. The molecule has 8 heteroatoms. The average molecular weight is 373 g/mol. The third kappa shape index (κ3) is 3.50. The van der Waals surface area contributed by atoms with Gasteiger partial charge in [-0.3, -0.25) is 4.79 Å². The van der Waals surface area contributed by atoms with Gasteiger partial charge < -0.3 is 20.1 Å². The Morgan fingerprint density at radius 3 is 2.38 bits per heavy atom. The normalized spacial score (nSPS) is 14.1. The van der Waals surface area contributed by atoms with E-state index in [9.17, 15) is 19.8 Å². The highest BCUT2D eigenvalue weighted by molar-refractivity contribution is 6.39. The number of carboxylic acids is 2. The van der Waals surface area contributed by atoms with Gasteiger partial charge in [0.15, 0.2) is 0 Å². The van der Waals surface area contributed by atoms with Gasteiger partial charge in [-0.15, -0.1) is 0 Å². The zero-order valence-corrected chi connectivity index (χ0v) is 14.9. The fraction of sp³-hybridized carbons (Fsp3) is 0.375. The van der Waals surface area contributed by atoms with Crippen molar-refractivity contribution in [1.82, 2.24) is 9.88 Å². The van der Waals surface area contributed by atoms with Crippen LogP contribution in [0.5, 0.6) is 0 Å². The molecular weight excluding hydrogens is 355 g/mol. The topological polar surface area (TPSA) is 93.6 Å². The Morgan fingerprint density at radius 2 is 1.88 bits per heavy atom. The van der Waals surface area contributed by atoms with Gasteiger partial charge >= 0.3 is 11.9 Å². The largest absolute Gasteiger partial charge is 0.481 e. The Morgan fingerprint density at radius 1 is 1.25 bits per heavy atom. The number of rotatable bonds is 6. The predicted octanol–water partition coefficient (Wildman–Crippen LogP) is 3.37. The fourth-order valence-electron chi connectivity index (χ4n) is 2.74. The molecule has 3 N–H and O–H groups in total. The van der Waals surface area contributed by atoms with E-state index in [-0.39, 0.29) is 23.2 Å². The Bertz CT molecular complexity index is 801. The Kier molecular flexibility index (Phi) is 5.42. The van der Waals surface area contributed by atoms with Crippen LogP contribution in [-0.4, -0.2) is 52.2 Å². The fourth-order valence-corrected chi connectivity index (χ4v) is 3.35. The first-order chi connectivity index (χ1) is 11.1. The second kappa shape index (κ2) is 7.01. The van der Waals surface area contributed by atoms with Crippen LogP contribution in [0.4, 0.5) is 0 Å². The van der Waals surface area contributed by atoms with Crippen molar-refractivity contribution in [3.8, 4) is 0 Å². The molecule has 0 amide bonds. The number of hydrogen-bond donors (Lipinski definition) is 3. The number of carboxylic acid groups (broad SMARTS) is 2. The van der Waals surface area contributed by atoms with Crippen LogP contribution in [-0.2, 0) is 11.2 Å². The van der Waals surface area contributed by atoms with Crippen LogP contribution in [0, 0.1) is 5.92 Å². The van der Waals surface area contributed by atoms with E-state index in [1.807, 2.05) is 0 Å². The van der Waals surface area contributed by atoms with Crippen molar-refractivity contribution >= 4 is 46.0 Å². The number of aromatic amines is 1. The van der Waals surface area contributed by atoms with E-state index in [0.29, 0.717) is 21.5 Å². The van der Waals surface area contributed by atoms with Crippen LogP contribution in [0.25, 0.3) is 10.9 Å². The van der Waals surface area contributed by atoms with E-state index in [2.05, 4.69) is 4.98 Å². The molecule has 0 radical (unpaired) electrons. The number of halogens is 2. The lowest BCUT2D eigenvalue weighted by atomic mass is 9.91. The molecule has 0 bridgehead atoms. The summed E-state index contributed by atoms with van der Waals surface area (Å²) in [7, 11) is 3.56. The second-order valence-corrected chi connectivity index (χ2v) is 6.79. The summed E-state index contributed by atoms with van der Waals surface area (Å²) in [6.45, 7) is 1.78. The van der Waals surface area contributed by atoms with E-state index in [4.69, 9.17) is 23.2 Å². The maximum absolute atomic E-state index is 11.7. The minimum absolute atomic E-state index is 0.0394. The van der Waals surface area contributed by atoms with Gasteiger partial charge in [0, 0.05) is 22.0 Å². The highest BCUT2D eigenvalue weighted by Crippen LogP contribution is 2.34. The molecule has 2 aromatic rings. The quantitative estimate of drug-likeness (QED) is 0.722. The summed E-state index contributed by atoms with van der Waals surface area (Å²) in [5, 5.41) is 20.2. The molecule has 2 rings (SSSR count). The van der Waals surface area contributed by atoms with Gasteiger partial charge in [0.2, 0.25) is 0 Å². The summed E-state index contributed by atoms with van der Waals surface area (Å²) >= 11 is 12.2. The number of aromatic carboxylic acids is 1. The lowest BCUT2D eigenvalue weighted by molar-refractivity contribution is -0.143. The Hall–Kier alpha value is -1.76. The van der Waals surface area contributed by atoms with Gasteiger partial charge in [-0.1, -0.05) is 23.2 Å². The number of aliphatic carboxylic acids is 1. The summed E-state index contributed by atoms with van der Waals surface area (Å²) in [6, 6.07) is 2.80. The lowest BCUT2D eigenvalue weighted by Crippen LogP contribution is -2.38. The Labute approximate surface area is 149 Å². The molecule has 0 spiro atoms. The molecular formula is C16H18Cl2N2O4. The highest BCUT2D eigenvalue weighted by atomic mass is 35.5. The van der Waals surface area contributed by atoms with Crippen molar-refractivity contribution < 1.29 is 19.8 Å². The predicted molar refractivity (Wildman–Crippen MR) is 93.3 cm³/mol. The van der Waals surface area contributed by atoms with Gasteiger partial charge in [0.25, 0.3) is 0 Å². The first kappa shape index (κ1) is 18.6. The van der Waals surface area contributed by atoms with Crippen LogP contribution in [0.3, 0.4) is 0 Å². The van der Waals surface area contributed by atoms with Crippen molar-refractivity contribution in [2.24, 2.45) is 5.92 Å². The molecule has 0 aliphatic carbocycles. The van der Waals surface area contributed by atoms with Gasteiger partial charge in [-0.05, 0) is 45.1 Å². The molecule has 6 nitrogen and oxygen atoms in total. The first-order valence-electron chi connectivity index (χ1n) is 7.25. The second-order valence-electron chi connectivity index (χ2n) is 5.95. The van der Waals surface area contributed by atoms with Crippen LogP contribution in [0.15, 0.2) is 12.1 Å². The van der Waals surface area contributed by atoms with Crippen molar-refractivity contribution in [3.05, 3.63) is 33.4 Å². The summed E-state index contributed by atoms with van der Waals surface area (Å²) in [5.41, 5.74) is 0.785. The molecule has 0 saturated heterocycles. The maximum Gasteiger partial charge on any atom is 0.352 e. The monoisotopic (exact) mass is 372 g/mol. The summed E-state index contributed by atoms with van der Waals surface area (Å²) < 4.78 is 0. The zero-order valence-electron chi connectivity index (χ0n) is 13.4. The number of fused-ring (bicyclic) bond motifs is 1. The van der Waals surface area contributed by atoms with E-state index < -0.39 is 17.9 Å². The van der Waals surface area contributed by atoms with Crippen molar-refractivity contribution in [3.63, 3.8) is 0 Å². The number of nitrogens with one attached hydrogen (secondary N) is 1. The van der Waals surface area contributed by atoms with Crippen LogP contribution >= 0.6 is 23.2 Å². The van der Waals surface area contributed by atoms with E-state index in [0.717, 1.165) is 0 Å². The van der Waals surface area contributed by atoms with Crippen molar-refractivity contribution in [1.29, 1.82) is 0 Å². The summed E-state index contributed by atoms with van der Waals surface area (Å²) in [6.07, 6.45) is 0.0394. The number of hydrogen-bond acceptors (Lipinski definition) is 3. The van der Waals surface area contributed by atoms with E-state index >= 15 is 0 Å². The first-order valence-corrected chi connectivity index (χ1v) is 8.01. The SMILES string of the molecule is CC(C(Cc1c(C(=O)O)[nH]c2cc(Cl)cc(Cl)c12)C(=O)O)N(C)C. The third-order valence-corrected chi connectivity index (χ3v) is 4.79. The number of benzene rings is 1. The van der Waals surface area contributed by atoms with Gasteiger partial charge in [-0.2, -0.15) is 0 Å². The van der Waals surface area contributed by atoms with E-state index in [1.165, 1.54) is 6.07 Å². The molecule has 0 aliphatic rings. The summed E-state index contributed by atoms with van der Waals surface area (Å²) in [5.74, 6) is -2.95. The maximum atomic E-state index is 11.7. The molecule has 1 heterocycles. The highest BCUT2D eigenvalue weighted by Gasteiger charge is 2.30. The standard InChI is InChI=1S/C16H18Cl2N2O4/c1-7(20(2)3)9(15(21)22)6-10-13-11(18)4-8(17)5-12(13)19-14(10)16(23)24/h4-5,7,9,19H,6H2,1-3H3,(H,21,22)(H,23,24). The zero-order chi connectivity index (χ0) is 18.2. The number of nitrogens with zero attached hydrogens (tertiary/aromatic N) is 1. The minimum Gasteiger partial charge on any atom is -0.481 e. The smallest absolute Gasteiger partial charge is 0.352 e. The minimum atomic E-state index is -1.17. The van der Waals surface area contributed by atoms with Crippen molar-refractivity contribution in [2.45, 2.75) is 19.4 Å². The number of carbonyl (C=O) groups is 2. The third-order valence-electron chi connectivity index (χ3n) is 4.27. The molecule has 24 heavy (non-hydrogen) atoms. The number of aromatic nitrogens is 1. The molecule has 130 valence electrons. The molecule has 1 aromatic heterocycles. The molecule has 0 aliphatic heterocycles. The molecule has 2 atom stereocenters. The van der Waals surface area contributed by atoms with Crippen LogP contribution < -0.4 is 0 Å². The van der Waals surface area contributed by atoms with E-state index in [1.54, 1.807) is 32.0 Å². The van der Waals surface area contributed by atoms with Crippen LogP contribution in [0.1, 0.15) is 23.0 Å². The van der Waals surface area contributed by atoms with Gasteiger partial charge in [0.1, 0.15) is 5.69 Å². The van der Waals surface area contributed by atoms with Crippen molar-refractivity contribution in [2.75, 3.05) is 14.1 Å². The average Bonchev–Trinajstić information content (AvgIpc) is 2.82. The molecule has 0 fully saturated rings. The summed E-state index contributed by atoms with van der Waals surface area (Å²) in [4.78, 5) is 27.8. The molecule has 2 unspecified atom stereocenters. The van der Waals surface area contributed by atoms with Crippen LogP contribution in [0.2, 0.25) is 10.0 Å².